The molecule has 0 saturated carbocycles. The van der Waals surface area contributed by atoms with Crippen molar-refractivity contribution in [2.45, 2.75) is 32.7 Å². The minimum Gasteiger partial charge on any atom is -0.349 e. The van der Waals surface area contributed by atoms with Crippen molar-refractivity contribution in [3.63, 3.8) is 0 Å². The second kappa shape index (κ2) is 9.34. The van der Waals surface area contributed by atoms with Crippen molar-refractivity contribution < 1.29 is 9.59 Å². The van der Waals surface area contributed by atoms with Crippen LogP contribution in [-0.2, 0) is 4.79 Å². The Morgan fingerprint density at radius 2 is 1.71 bits per heavy atom. The van der Waals surface area contributed by atoms with Crippen molar-refractivity contribution in [1.29, 1.82) is 0 Å². The van der Waals surface area contributed by atoms with Gasteiger partial charge >= 0.3 is 0 Å². The summed E-state index contributed by atoms with van der Waals surface area (Å²) in [4.78, 5) is 26.9. The van der Waals surface area contributed by atoms with Crippen molar-refractivity contribution >= 4 is 33.4 Å². The van der Waals surface area contributed by atoms with Gasteiger partial charge in [0.15, 0.2) is 0 Å². The quantitative estimate of drug-likeness (QED) is 0.736. The number of aryl methyl sites for hydroxylation is 2. The van der Waals surface area contributed by atoms with Gasteiger partial charge in [-0.25, -0.2) is 0 Å². The van der Waals surface area contributed by atoms with Crippen LogP contribution in [-0.4, -0.2) is 42.4 Å². The van der Waals surface area contributed by atoms with Gasteiger partial charge in [-0.3, -0.25) is 14.5 Å². The second-order valence-corrected chi connectivity index (χ2v) is 8.28. The van der Waals surface area contributed by atoms with Gasteiger partial charge < -0.3 is 10.6 Å². The molecule has 148 valence electrons. The lowest BCUT2D eigenvalue weighted by Gasteiger charge is -2.32. The van der Waals surface area contributed by atoms with Crippen molar-refractivity contribution in [1.82, 2.24) is 10.2 Å². The van der Waals surface area contributed by atoms with Crippen LogP contribution in [0.15, 0.2) is 46.9 Å². The van der Waals surface area contributed by atoms with E-state index in [0.29, 0.717) is 12.1 Å². The summed E-state index contributed by atoms with van der Waals surface area (Å²) < 4.78 is 0.799. The van der Waals surface area contributed by atoms with Crippen LogP contribution >= 0.6 is 15.9 Å². The number of hydrogen-bond acceptors (Lipinski definition) is 3. The van der Waals surface area contributed by atoms with E-state index in [9.17, 15) is 9.59 Å². The van der Waals surface area contributed by atoms with Crippen LogP contribution in [0.5, 0.6) is 0 Å². The number of anilines is 1. The molecule has 0 spiro atoms. The van der Waals surface area contributed by atoms with Crippen LogP contribution in [0.4, 0.5) is 5.69 Å². The summed E-state index contributed by atoms with van der Waals surface area (Å²) >= 11 is 3.42. The third-order valence-electron chi connectivity index (χ3n) is 4.91. The summed E-state index contributed by atoms with van der Waals surface area (Å²) in [7, 11) is 0. The highest BCUT2D eigenvalue weighted by Gasteiger charge is 2.23. The second-order valence-electron chi connectivity index (χ2n) is 7.43. The van der Waals surface area contributed by atoms with Gasteiger partial charge in [0, 0.05) is 29.3 Å². The average Bonchev–Trinajstić information content (AvgIpc) is 2.62. The summed E-state index contributed by atoms with van der Waals surface area (Å²) in [6.07, 6.45) is 1.68. The maximum absolute atomic E-state index is 12.4. The molecule has 1 saturated heterocycles. The zero-order valence-corrected chi connectivity index (χ0v) is 17.9. The maximum Gasteiger partial charge on any atom is 0.252 e. The van der Waals surface area contributed by atoms with Crippen LogP contribution < -0.4 is 10.6 Å². The Morgan fingerprint density at radius 1 is 1.07 bits per heavy atom. The highest BCUT2D eigenvalue weighted by Crippen LogP contribution is 2.18. The highest BCUT2D eigenvalue weighted by atomic mass is 79.9. The van der Waals surface area contributed by atoms with Gasteiger partial charge in [0.2, 0.25) is 5.91 Å². The molecular formula is C22H26BrN3O2. The first-order valence-corrected chi connectivity index (χ1v) is 10.4. The van der Waals surface area contributed by atoms with Crippen molar-refractivity contribution in [2.75, 3.05) is 25.0 Å². The molecule has 0 aliphatic carbocycles. The number of hydrogen-bond donors (Lipinski definition) is 2. The fourth-order valence-corrected chi connectivity index (χ4v) is 4.06. The van der Waals surface area contributed by atoms with E-state index in [-0.39, 0.29) is 17.9 Å². The van der Waals surface area contributed by atoms with Gasteiger partial charge in [0.1, 0.15) is 0 Å². The minimum absolute atomic E-state index is 0.000650. The fourth-order valence-electron chi connectivity index (χ4n) is 3.59. The molecule has 2 amide bonds. The van der Waals surface area contributed by atoms with Crippen LogP contribution in [0.1, 0.15) is 34.3 Å². The zero-order valence-electron chi connectivity index (χ0n) is 16.3. The zero-order chi connectivity index (χ0) is 20.1. The smallest absolute Gasteiger partial charge is 0.252 e. The molecule has 6 heteroatoms. The van der Waals surface area contributed by atoms with Gasteiger partial charge in [0.25, 0.3) is 5.91 Å². The maximum atomic E-state index is 12.4. The molecule has 0 aromatic heterocycles. The molecule has 1 aliphatic heterocycles. The van der Waals surface area contributed by atoms with Crippen LogP contribution in [0.25, 0.3) is 0 Å². The molecule has 3 rings (SSSR count). The predicted molar refractivity (Wildman–Crippen MR) is 116 cm³/mol. The Morgan fingerprint density at radius 3 is 2.36 bits per heavy atom. The number of piperidine rings is 1. The Kier molecular flexibility index (Phi) is 6.86. The number of carbonyl (C=O) groups is 2. The SMILES string of the molecule is Cc1cc(C)cc(NC(=O)CN2CCC(NC(=O)c3ccccc3Br)CC2)c1. The van der Waals surface area contributed by atoms with Gasteiger partial charge in [-0.2, -0.15) is 0 Å². The molecule has 2 aromatic carbocycles. The minimum atomic E-state index is -0.0570. The Labute approximate surface area is 174 Å². The summed E-state index contributed by atoms with van der Waals surface area (Å²) in [6.45, 7) is 6.01. The lowest BCUT2D eigenvalue weighted by Crippen LogP contribution is -2.46. The number of benzene rings is 2. The largest absolute Gasteiger partial charge is 0.349 e. The number of amides is 2. The van der Waals surface area contributed by atoms with E-state index in [0.717, 1.165) is 47.2 Å². The van der Waals surface area contributed by atoms with Crippen LogP contribution in [0, 0.1) is 13.8 Å². The van der Waals surface area contributed by atoms with Crippen molar-refractivity contribution in [3.8, 4) is 0 Å². The molecule has 1 aliphatic rings. The molecule has 28 heavy (non-hydrogen) atoms. The molecule has 0 unspecified atom stereocenters. The lowest BCUT2D eigenvalue weighted by atomic mass is 10.0. The van der Waals surface area contributed by atoms with Crippen LogP contribution in [0.3, 0.4) is 0 Å². The van der Waals surface area contributed by atoms with Crippen LogP contribution in [0.2, 0.25) is 0 Å². The fraction of sp³-hybridized carbons (Fsp3) is 0.364. The number of carbonyl (C=O) groups excluding carboxylic acids is 2. The number of rotatable bonds is 5. The normalized spacial score (nSPS) is 15.2. The predicted octanol–water partition coefficient (Wildman–Crippen LogP) is 3.90. The molecule has 0 bridgehead atoms. The van der Waals surface area contributed by atoms with Crippen molar-refractivity contribution in [2.24, 2.45) is 0 Å². The molecule has 0 atom stereocenters. The number of halogens is 1. The molecular weight excluding hydrogens is 418 g/mol. The number of nitrogens with one attached hydrogen (secondary N) is 2. The molecule has 1 heterocycles. The number of nitrogens with zero attached hydrogens (tertiary/aromatic N) is 1. The molecule has 2 aromatic rings. The molecule has 0 radical (unpaired) electrons. The molecule has 1 fully saturated rings. The van der Waals surface area contributed by atoms with E-state index in [1.54, 1.807) is 0 Å². The van der Waals surface area contributed by atoms with E-state index >= 15 is 0 Å². The van der Waals surface area contributed by atoms with E-state index < -0.39 is 0 Å². The number of likely N-dealkylation sites (tertiary alicyclic amines) is 1. The van der Waals surface area contributed by atoms with Crippen molar-refractivity contribution in [3.05, 3.63) is 63.6 Å². The third-order valence-corrected chi connectivity index (χ3v) is 5.61. The average molecular weight is 444 g/mol. The van der Waals surface area contributed by atoms with E-state index in [1.165, 1.54) is 0 Å². The topological polar surface area (TPSA) is 61.4 Å². The van der Waals surface area contributed by atoms with Gasteiger partial charge in [-0.15, -0.1) is 0 Å². The van der Waals surface area contributed by atoms with E-state index in [2.05, 4.69) is 37.5 Å². The van der Waals surface area contributed by atoms with E-state index in [4.69, 9.17) is 0 Å². The lowest BCUT2D eigenvalue weighted by molar-refractivity contribution is -0.117. The highest BCUT2D eigenvalue weighted by molar-refractivity contribution is 9.10. The summed E-state index contributed by atoms with van der Waals surface area (Å²) in [6, 6.07) is 13.6. The van der Waals surface area contributed by atoms with Gasteiger partial charge in [-0.1, -0.05) is 18.2 Å². The first kappa shape index (κ1) is 20.6. The van der Waals surface area contributed by atoms with Gasteiger partial charge in [-0.05, 0) is 78.0 Å². The van der Waals surface area contributed by atoms with E-state index in [1.807, 2.05) is 50.2 Å². The standard InChI is InChI=1S/C22H26BrN3O2/c1-15-11-16(2)13-18(12-15)24-21(27)14-26-9-7-17(8-10-26)25-22(28)19-5-3-4-6-20(19)23/h3-6,11-13,17H,7-10,14H2,1-2H3,(H,24,27)(H,25,28). The summed E-state index contributed by atoms with van der Waals surface area (Å²) in [5.74, 6) is -0.0563. The first-order chi connectivity index (χ1) is 13.4. The monoisotopic (exact) mass is 443 g/mol. The molecule has 2 N–H and O–H groups in total. The summed E-state index contributed by atoms with van der Waals surface area (Å²) in [5, 5.41) is 6.09. The first-order valence-electron chi connectivity index (χ1n) is 9.56. The Bertz CT molecular complexity index is 840. The Balaban J connectivity index is 1.45. The Hall–Kier alpha value is -2.18. The summed E-state index contributed by atoms with van der Waals surface area (Å²) in [5.41, 5.74) is 3.77. The van der Waals surface area contributed by atoms with Gasteiger partial charge in [0.05, 0.1) is 12.1 Å². The molecule has 5 nitrogen and oxygen atoms in total. The third kappa shape index (κ3) is 5.66.